The van der Waals surface area contributed by atoms with Crippen molar-refractivity contribution in [3.8, 4) is 0 Å². The van der Waals surface area contributed by atoms with Crippen LogP contribution in [0.2, 0.25) is 0 Å². The first-order valence-electron chi connectivity index (χ1n) is 7.16. The molecule has 1 aromatic heterocycles. The van der Waals surface area contributed by atoms with Crippen molar-refractivity contribution < 1.29 is 4.79 Å². The van der Waals surface area contributed by atoms with E-state index in [4.69, 9.17) is 0 Å². The molecule has 104 valence electrons. The molecule has 0 radical (unpaired) electrons. The summed E-state index contributed by atoms with van der Waals surface area (Å²) in [6.45, 7) is 6.70. The molecule has 2 rings (SSSR count). The van der Waals surface area contributed by atoms with Gasteiger partial charge in [-0.2, -0.15) is 0 Å². The maximum atomic E-state index is 12.6. The Hall–Kier alpha value is -1.42. The zero-order valence-corrected chi connectivity index (χ0v) is 11.9. The normalized spacial score (nSPS) is 18.5. The minimum absolute atomic E-state index is 0.112. The molecule has 1 unspecified atom stereocenters. The molecule has 0 aliphatic carbocycles. The molecule has 19 heavy (non-hydrogen) atoms. The fraction of sp³-hybridized carbons (Fsp3) is 0.600. The molecule has 0 saturated carbocycles. The molecule has 1 N–H and O–H groups in total. The first-order valence-corrected chi connectivity index (χ1v) is 7.16. The van der Waals surface area contributed by atoms with Gasteiger partial charge in [0.25, 0.3) is 5.91 Å². The molecule has 1 aliphatic rings. The van der Waals surface area contributed by atoms with E-state index in [1.165, 1.54) is 12.8 Å². The van der Waals surface area contributed by atoms with Crippen molar-refractivity contribution >= 4 is 5.91 Å². The smallest absolute Gasteiger partial charge is 0.255 e. The highest BCUT2D eigenvalue weighted by Crippen LogP contribution is 2.12. The number of carbonyl (C=O) groups excluding carboxylic acids is 1. The Morgan fingerprint density at radius 3 is 3.05 bits per heavy atom. The maximum Gasteiger partial charge on any atom is 0.255 e. The van der Waals surface area contributed by atoms with Crippen molar-refractivity contribution in [3.05, 3.63) is 29.6 Å². The Morgan fingerprint density at radius 1 is 1.58 bits per heavy atom. The number of aromatic nitrogens is 1. The van der Waals surface area contributed by atoms with Crippen LogP contribution in [0.3, 0.4) is 0 Å². The zero-order valence-electron chi connectivity index (χ0n) is 11.9. The average Bonchev–Trinajstić information content (AvgIpc) is 2.91. The van der Waals surface area contributed by atoms with Crippen LogP contribution in [0.1, 0.15) is 42.2 Å². The van der Waals surface area contributed by atoms with Crippen LogP contribution in [0, 0.1) is 6.92 Å². The van der Waals surface area contributed by atoms with E-state index in [0.29, 0.717) is 6.04 Å². The molecule has 1 fully saturated rings. The van der Waals surface area contributed by atoms with E-state index in [1.807, 2.05) is 24.0 Å². The topological polar surface area (TPSA) is 45.2 Å². The Kier molecular flexibility index (Phi) is 4.91. The summed E-state index contributed by atoms with van der Waals surface area (Å²) in [4.78, 5) is 18.8. The number of carbonyl (C=O) groups is 1. The van der Waals surface area contributed by atoms with Gasteiger partial charge < -0.3 is 10.2 Å². The van der Waals surface area contributed by atoms with Gasteiger partial charge in [0.1, 0.15) is 0 Å². The lowest BCUT2D eigenvalue weighted by Gasteiger charge is -2.26. The Balaban J connectivity index is 2.09. The molecule has 1 atom stereocenters. The second-order valence-corrected chi connectivity index (χ2v) is 5.18. The van der Waals surface area contributed by atoms with Gasteiger partial charge in [-0.05, 0) is 44.9 Å². The SMILES string of the molecule is CCCN(CC1CCCN1)C(=O)c1cccnc1C. The number of aryl methyl sites for hydroxylation is 1. The van der Waals surface area contributed by atoms with E-state index in [9.17, 15) is 4.79 Å². The number of nitrogens with zero attached hydrogens (tertiary/aromatic N) is 2. The third kappa shape index (κ3) is 3.53. The van der Waals surface area contributed by atoms with Crippen LogP contribution in [0.15, 0.2) is 18.3 Å². The minimum Gasteiger partial charge on any atom is -0.337 e. The molecule has 2 heterocycles. The van der Waals surface area contributed by atoms with E-state index in [2.05, 4.69) is 17.2 Å². The molecule has 4 nitrogen and oxygen atoms in total. The predicted molar refractivity (Wildman–Crippen MR) is 76.2 cm³/mol. The molecule has 1 aromatic rings. The number of nitrogens with one attached hydrogen (secondary N) is 1. The average molecular weight is 261 g/mol. The lowest BCUT2D eigenvalue weighted by Crippen LogP contribution is -2.41. The second kappa shape index (κ2) is 6.66. The summed E-state index contributed by atoms with van der Waals surface area (Å²) in [5.74, 6) is 0.112. The molecule has 0 bridgehead atoms. The first kappa shape index (κ1) is 14.0. The third-order valence-electron chi connectivity index (χ3n) is 3.62. The van der Waals surface area contributed by atoms with E-state index in [1.54, 1.807) is 6.20 Å². The van der Waals surface area contributed by atoms with E-state index < -0.39 is 0 Å². The molecule has 0 spiro atoms. The van der Waals surface area contributed by atoms with Crippen LogP contribution in [-0.4, -0.2) is 41.5 Å². The fourth-order valence-corrected chi connectivity index (χ4v) is 2.60. The van der Waals surface area contributed by atoms with Gasteiger partial charge in [-0.1, -0.05) is 6.92 Å². The summed E-state index contributed by atoms with van der Waals surface area (Å²) in [6, 6.07) is 4.15. The Labute approximate surface area is 115 Å². The van der Waals surface area contributed by atoms with Gasteiger partial charge in [-0.15, -0.1) is 0 Å². The van der Waals surface area contributed by atoms with Crippen LogP contribution in [0.25, 0.3) is 0 Å². The highest BCUT2D eigenvalue weighted by Gasteiger charge is 2.22. The monoisotopic (exact) mass is 261 g/mol. The van der Waals surface area contributed by atoms with Gasteiger partial charge in [0, 0.05) is 31.0 Å². The summed E-state index contributed by atoms with van der Waals surface area (Å²) in [7, 11) is 0. The van der Waals surface area contributed by atoms with Gasteiger partial charge in [0.2, 0.25) is 0 Å². The molecular weight excluding hydrogens is 238 g/mol. The highest BCUT2D eigenvalue weighted by atomic mass is 16.2. The summed E-state index contributed by atoms with van der Waals surface area (Å²) >= 11 is 0. The third-order valence-corrected chi connectivity index (χ3v) is 3.62. The van der Waals surface area contributed by atoms with Gasteiger partial charge in [0.15, 0.2) is 0 Å². The maximum absolute atomic E-state index is 12.6. The largest absolute Gasteiger partial charge is 0.337 e. The van der Waals surface area contributed by atoms with E-state index >= 15 is 0 Å². The quantitative estimate of drug-likeness (QED) is 0.881. The first-order chi connectivity index (χ1) is 9.22. The minimum atomic E-state index is 0.112. The Bertz CT molecular complexity index is 427. The van der Waals surface area contributed by atoms with Gasteiger partial charge in [0.05, 0.1) is 5.56 Å². The number of hydrogen-bond acceptors (Lipinski definition) is 3. The van der Waals surface area contributed by atoms with Crippen molar-refractivity contribution in [2.75, 3.05) is 19.6 Å². The molecule has 1 aliphatic heterocycles. The molecule has 0 aromatic carbocycles. The van der Waals surface area contributed by atoms with Crippen molar-refractivity contribution in [1.29, 1.82) is 0 Å². The van der Waals surface area contributed by atoms with Crippen LogP contribution in [0.4, 0.5) is 0 Å². The van der Waals surface area contributed by atoms with Crippen LogP contribution in [-0.2, 0) is 0 Å². The summed E-state index contributed by atoms with van der Waals surface area (Å²) in [5, 5.41) is 3.46. The highest BCUT2D eigenvalue weighted by molar-refractivity contribution is 5.95. The van der Waals surface area contributed by atoms with Crippen molar-refractivity contribution in [3.63, 3.8) is 0 Å². The lowest BCUT2D eigenvalue weighted by atomic mass is 10.1. The van der Waals surface area contributed by atoms with E-state index in [0.717, 1.165) is 37.3 Å². The molecule has 1 saturated heterocycles. The number of hydrogen-bond donors (Lipinski definition) is 1. The van der Waals surface area contributed by atoms with Crippen LogP contribution < -0.4 is 5.32 Å². The summed E-state index contributed by atoms with van der Waals surface area (Å²) < 4.78 is 0. The summed E-state index contributed by atoms with van der Waals surface area (Å²) in [6.07, 6.45) is 5.09. The molecule has 4 heteroatoms. The van der Waals surface area contributed by atoms with Crippen LogP contribution >= 0.6 is 0 Å². The van der Waals surface area contributed by atoms with Gasteiger partial charge in [-0.25, -0.2) is 0 Å². The van der Waals surface area contributed by atoms with Crippen molar-refractivity contribution in [1.82, 2.24) is 15.2 Å². The lowest BCUT2D eigenvalue weighted by molar-refractivity contribution is 0.0740. The van der Waals surface area contributed by atoms with Gasteiger partial charge >= 0.3 is 0 Å². The van der Waals surface area contributed by atoms with E-state index in [-0.39, 0.29) is 5.91 Å². The standard InChI is InChI=1S/C15H23N3O/c1-3-10-18(11-13-6-4-9-17-13)15(19)14-7-5-8-16-12(14)2/h5,7-8,13,17H,3-4,6,9-11H2,1-2H3. The predicted octanol–water partition coefficient (Wildman–Crippen LogP) is 1.99. The number of pyridine rings is 1. The van der Waals surface area contributed by atoms with Gasteiger partial charge in [-0.3, -0.25) is 9.78 Å². The summed E-state index contributed by atoms with van der Waals surface area (Å²) in [5.41, 5.74) is 1.54. The molecular formula is C15H23N3O. The second-order valence-electron chi connectivity index (χ2n) is 5.18. The Morgan fingerprint density at radius 2 is 2.42 bits per heavy atom. The van der Waals surface area contributed by atoms with Crippen LogP contribution in [0.5, 0.6) is 0 Å². The fourth-order valence-electron chi connectivity index (χ4n) is 2.60. The molecule has 1 amide bonds. The zero-order chi connectivity index (χ0) is 13.7. The number of rotatable bonds is 5. The number of amides is 1. The van der Waals surface area contributed by atoms with Crippen molar-refractivity contribution in [2.45, 2.75) is 39.2 Å². The van der Waals surface area contributed by atoms with Crippen molar-refractivity contribution in [2.24, 2.45) is 0 Å².